The molecule has 1 amide bonds. The van der Waals surface area contributed by atoms with Crippen LogP contribution >= 0.6 is 0 Å². The number of hydrogen-bond acceptors (Lipinski definition) is 3. The first-order valence-corrected chi connectivity index (χ1v) is 7.70. The molecule has 1 heterocycles. The molecule has 2 N–H and O–H groups in total. The highest BCUT2D eigenvalue weighted by Gasteiger charge is 2.13. The number of nitrogens with zero attached hydrogens (tertiary/aromatic N) is 2. The van der Waals surface area contributed by atoms with Gasteiger partial charge in [0, 0.05) is 31.9 Å². The van der Waals surface area contributed by atoms with Gasteiger partial charge >= 0.3 is 0 Å². The van der Waals surface area contributed by atoms with E-state index in [0.717, 1.165) is 24.0 Å². The molecule has 0 atom stereocenters. The standard InChI is InChI=1S/C18H23N3O/c19-11-4-14-21(15-17-5-2-1-3-6-17)18(22)8-7-16-9-12-20-13-10-16/h1-3,5-6,9-10,12-13H,4,7-8,11,14-15,19H2. The van der Waals surface area contributed by atoms with Gasteiger partial charge in [-0.25, -0.2) is 0 Å². The summed E-state index contributed by atoms with van der Waals surface area (Å²) < 4.78 is 0. The van der Waals surface area contributed by atoms with Crippen molar-refractivity contribution in [2.45, 2.75) is 25.8 Å². The van der Waals surface area contributed by atoms with Crippen LogP contribution in [-0.4, -0.2) is 28.9 Å². The number of carbonyl (C=O) groups excluding carboxylic acids is 1. The largest absolute Gasteiger partial charge is 0.338 e. The first-order chi connectivity index (χ1) is 10.8. The average molecular weight is 297 g/mol. The molecule has 1 aromatic heterocycles. The fourth-order valence-corrected chi connectivity index (χ4v) is 2.34. The summed E-state index contributed by atoms with van der Waals surface area (Å²) in [5, 5.41) is 0. The monoisotopic (exact) mass is 297 g/mol. The van der Waals surface area contributed by atoms with Crippen LogP contribution < -0.4 is 5.73 Å². The van der Waals surface area contributed by atoms with Crippen molar-refractivity contribution in [1.29, 1.82) is 0 Å². The Morgan fingerprint density at radius 3 is 2.45 bits per heavy atom. The van der Waals surface area contributed by atoms with Crippen molar-refractivity contribution < 1.29 is 4.79 Å². The lowest BCUT2D eigenvalue weighted by Gasteiger charge is -2.23. The molecule has 0 unspecified atom stereocenters. The molecule has 0 spiro atoms. The summed E-state index contributed by atoms with van der Waals surface area (Å²) in [5.41, 5.74) is 7.88. The number of pyridine rings is 1. The van der Waals surface area contributed by atoms with Crippen LogP contribution in [0.15, 0.2) is 54.9 Å². The Balaban J connectivity index is 1.93. The lowest BCUT2D eigenvalue weighted by Crippen LogP contribution is -2.32. The van der Waals surface area contributed by atoms with E-state index in [1.807, 2.05) is 47.4 Å². The van der Waals surface area contributed by atoms with Gasteiger partial charge in [-0.2, -0.15) is 0 Å². The molecule has 4 heteroatoms. The highest BCUT2D eigenvalue weighted by molar-refractivity contribution is 5.76. The van der Waals surface area contributed by atoms with Crippen molar-refractivity contribution in [2.75, 3.05) is 13.1 Å². The molecule has 0 aliphatic rings. The Morgan fingerprint density at radius 2 is 1.77 bits per heavy atom. The Hall–Kier alpha value is -2.20. The van der Waals surface area contributed by atoms with Crippen LogP contribution in [-0.2, 0) is 17.8 Å². The summed E-state index contributed by atoms with van der Waals surface area (Å²) in [6, 6.07) is 14.0. The zero-order valence-electron chi connectivity index (χ0n) is 12.8. The van der Waals surface area contributed by atoms with E-state index in [0.29, 0.717) is 26.1 Å². The minimum atomic E-state index is 0.175. The van der Waals surface area contributed by atoms with Crippen LogP contribution in [0.5, 0.6) is 0 Å². The molecule has 0 aliphatic heterocycles. The summed E-state index contributed by atoms with van der Waals surface area (Å²) in [6.45, 7) is 1.96. The number of rotatable bonds is 8. The molecule has 116 valence electrons. The fraction of sp³-hybridized carbons (Fsp3) is 0.333. The maximum atomic E-state index is 12.5. The minimum absolute atomic E-state index is 0.175. The zero-order valence-corrected chi connectivity index (χ0v) is 12.8. The van der Waals surface area contributed by atoms with Gasteiger partial charge in [0.2, 0.25) is 5.91 Å². The molecule has 2 rings (SSSR count). The average Bonchev–Trinajstić information content (AvgIpc) is 2.58. The molecule has 0 bridgehead atoms. The van der Waals surface area contributed by atoms with Gasteiger partial charge in [0.1, 0.15) is 0 Å². The third kappa shape index (κ3) is 5.30. The number of hydrogen-bond donors (Lipinski definition) is 1. The highest BCUT2D eigenvalue weighted by Crippen LogP contribution is 2.09. The first kappa shape index (κ1) is 16.2. The Bertz CT molecular complexity index is 557. The number of aryl methyl sites for hydroxylation is 1. The second-order valence-electron chi connectivity index (χ2n) is 5.30. The molecule has 0 radical (unpaired) electrons. The summed E-state index contributed by atoms with van der Waals surface area (Å²) in [7, 11) is 0. The molecule has 1 aromatic carbocycles. The van der Waals surface area contributed by atoms with E-state index in [1.165, 1.54) is 0 Å². The van der Waals surface area contributed by atoms with Crippen LogP contribution in [0.2, 0.25) is 0 Å². The summed E-state index contributed by atoms with van der Waals surface area (Å²) in [5.74, 6) is 0.175. The molecule has 22 heavy (non-hydrogen) atoms. The van der Waals surface area contributed by atoms with Gasteiger partial charge in [0.05, 0.1) is 0 Å². The number of aromatic nitrogens is 1. The summed E-state index contributed by atoms with van der Waals surface area (Å²) in [6.07, 6.45) is 5.61. The Morgan fingerprint density at radius 1 is 1.05 bits per heavy atom. The van der Waals surface area contributed by atoms with Crippen molar-refractivity contribution in [2.24, 2.45) is 5.73 Å². The summed E-state index contributed by atoms with van der Waals surface area (Å²) in [4.78, 5) is 18.4. The molecule has 0 fully saturated rings. The lowest BCUT2D eigenvalue weighted by molar-refractivity contribution is -0.131. The first-order valence-electron chi connectivity index (χ1n) is 7.70. The van der Waals surface area contributed by atoms with E-state index in [1.54, 1.807) is 12.4 Å². The quantitative estimate of drug-likeness (QED) is 0.814. The normalized spacial score (nSPS) is 10.4. The Kier molecular flexibility index (Phi) is 6.58. The van der Waals surface area contributed by atoms with Gasteiger partial charge in [-0.15, -0.1) is 0 Å². The molecule has 4 nitrogen and oxygen atoms in total. The number of amides is 1. The third-order valence-corrected chi connectivity index (χ3v) is 3.58. The molecule has 0 saturated heterocycles. The highest BCUT2D eigenvalue weighted by atomic mass is 16.2. The van der Waals surface area contributed by atoms with Gasteiger partial charge in [-0.3, -0.25) is 9.78 Å². The molecular formula is C18H23N3O. The third-order valence-electron chi connectivity index (χ3n) is 3.58. The number of carbonyl (C=O) groups is 1. The SMILES string of the molecule is NCCCN(Cc1ccccc1)C(=O)CCc1ccncc1. The Labute approximate surface area is 132 Å². The lowest BCUT2D eigenvalue weighted by atomic mass is 10.1. The topological polar surface area (TPSA) is 59.2 Å². The van der Waals surface area contributed by atoms with Crippen molar-refractivity contribution in [3.8, 4) is 0 Å². The molecule has 0 aliphatic carbocycles. The predicted molar refractivity (Wildman–Crippen MR) is 88.1 cm³/mol. The number of nitrogens with two attached hydrogens (primary N) is 1. The minimum Gasteiger partial charge on any atom is -0.338 e. The maximum Gasteiger partial charge on any atom is 0.223 e. The second-order valence-corrected chi connectivity index (χ2v) is 5.30. The van der Waals surface area contributed by atoms with E-state index < -0.39 is 0 Å². The molecule has 0 saturated carbocycles. The van der Waals surface area contributed by atoms with Gasteiger partial charge < -0.3 is 10.6 Å². The van der Waals surface area contributed by atoms with Crippen molar-refractivity contribution in [1.82, 2.24) is 9.88 Å². The molecular weight excluding hydrogens is 274 g/mol. The zero-order chi connectivity index (χ0) is 15.6. The van der Waals surface area contributed by atoms with E-state index in [4.69, 9.17) is 5.73 Å². The van der Waals surface area contributed by atoms with E-state index in [2.05, 4.69) is 4.98 Å². The van der Waals surface area contributed by atoms with Crippen molar-refractivity contribution in [3.63, 3.8) is 0 Å². The summed E-state index contributed by atoms with van der Waals surface area (Å²) >= 11 is 0. The molecule has 2 aromatic rings. The maximum absolute atomic E-state index is 12.5. The fourth-order valence-electron chi connectivity index (χ4n) is 2.34. The van der Waals surface area contributed by atoms with E-state index >= 15 is 0 Å². The second kappa shape index (κ2) is 8.95. The smallest absolute Gasteiger partial charge is 0.223 e. The van der Waals surface area contributed by atoms with Crippen LogP contribution in [0.25, 0.3) is 0 Å². The predicted octanol–water partition coefficient (Wildman–Crippen LogP) is 2.39. The van der Waals surface area contributed by atoms with Gasteiger partial charge in [-0.1, -0.05) is 30.3 Å². The number of benzene rings is 1. The van der Waals surface area contributed by atoms with Crippen LogP contribution in [0, 0.1) is 0 Å². The van der Waals surface area contributed by atoms with E-state index in [9.17, 15) is 4.79 Å². The van der Waals surface area contributed by atoms with Crippen LogP contribution in [0.4, 0.5) is 0 Å². The van der Waals surface area contributed by atoms with Crippen LogP contribution in [0.3, 0.4) is 0 Å². The van der Waals surface area contributed by atoms with Gasteiger partial charge in [0.15, 0.2) is 0 Å². The van der Waals surface area contributed by atoms with Gasteiger partial charge in [0.25, 0.3) is 0 Å². The van der Waals surface area contributed by atoms with Crippen molar-refractivity contribution >= 4 is 5.91 Å². The van der Waals surface area contributed by atoms with Crippen molar-refractivity contribution in [3.05, 3.63) is 66.0 Å². The van der Waals surface area contributed by atoms with E-state index in [-0.39, 0.29) is 5.91 Å². The van der Waals surface area contributed by atoms with Gasteiger partial charge in [-0.05, 0) is 42.6 Å². The van der Waals surface area contributed by atoms with Crippen LogP contribution in [0.1, 0.15) is 24.0 Å².